The maximum absolute atomic E-state index is 12.8. The first kappa shape index (κ1) is 14.1. The van der Waals surface area contributed by atoms with Crippen molar-refractivity contribution >= 4 is 17.2 Å². The van der Waals surface area contributed by atoms with Gasteiger partial charge in [-0.1, -0.05) is 24.3 Å². The summed E-state index contributed by atoms with van der Waals surface area (Å²) in [6, 6.07) is 7.51. The molecule has 0 aliphatic carbocycles. The second-order valence-electron chi connectivity index (χ2n) is 5.22. The van der Waals surface area contributed by atoms with Crippen LogP contribution in [0.25, 0.3) is 0 Å². The SMILES string of the molecule is Cc1ccccc1C(=O)c1c(C)c(C)c(C)c(N)c1N. The summed E-state index contributed by atoms with van der Waals surface area (Å²) in [7, 11) is 0. The molecule has 3 heteroatoms. The van der Waals surface area contributed by atoms with E-state index >= 15 is 0 Å². The Hall–Kier alpha value is -2.29. The number of nitrogen functional groups attached to an aromatic ring is 2. The van der Waals surface area contributed by atoms with Gasteiger partial charge in [0.1, 0.15) is 0 Å². The summed E-state index contributed by atoms with van der Waals surface area (Å²) >= 11 is 0. The molecule has 0 spiro atoms. The molecule has 0 aliphatic rings. The van der Waals surface area contributed by atoms with Crippen molar-refractivity contribution < 1.29 is 4.79 Å². The van der Waals surface area contributed by atoms with E-state index in [0.717, 1.165) is 22.3 Å². The topological polar surface area (TPSA) is 69.1 Å². The third kappa shape index (κ3) is 2.05. The molecule has 0 amide bonds. The fourth-order valence-electron chi connectivity index (χ4n) is 2.46. The van der Waals surface area contributed by atoms with E-state index in [9.17, 15) is 4.79 Å². The number of hydrogen-bond donors (Lipinski definition) is 2. The number of carbonyl (C=O) groups excluding carboxylic acids is 1. The lowest BCUT2D eigenvalue weighted by Crippen LogP contribution is -2.13. The summed E-state index contributed by atoms with van der Waals surface area (Å²) in [4.78, 5) is 12.8. The Morgan fingerprint density at radius 3 is 2.05 bits per heavy atom. The van der Waals surface area contributed by atoms with E-state index < -0.39 is 0 Å². The molecule has 0 fully saturated rings. The van der Waals surface area contributed by atoms with Gasteiger partial charge in [0.25, 0.3) is 0 Å². The van der Waals surface area contributed by atoms with Crippen LogP contribution in [0.5, 0.6) is 0 Å². The van der Waals surface area contributed by atoms with Crippen molar-refractivity contribution in [1.29, 1.82) is 0 Å². The molecule has 0 atom stereocenters. The zero-order chi connectivity index (χ0) is 15.0. The van der Waals surface area contributed by atoms with Crippen molar-refractivity contribution in [3.05, 3.63) is 57.6 Å². The summed E-state index contributed by atoms with van der Waals surface area (Å²) < 4.78 is 0. The van der Waals surface area contributed by atoms with E-state index in [4.69, 9.17) is 11.5 Å². The van der Waals surface area contributed by atoms with Crippen molar-refractivity contribution in [3.8, 4) is 0 Å². The summed E-state index contributed by atoms with van der Waals surface area (Å²) in [5.41, 5.74) is 18.0. The van der Waals surface area contributed by atoms with Crippen molar-refractivity contribution in [3.63, 3.8) is 0 Å². The van der Waals surface area contributed by atoms with Crippen LogP contribution in [0.3, 0.4) is 0 Å². The molecule has 3 nitrogen and oxygen atoms in total. The zero-order valence-electron chi connectivity index (χ0n) is 12.4. The maximum Gasteiger partial charge on any atom is 0.195 e. The number of ketones is 1. The largest absolute Gasteiger partial charge is 0.397 e. The quantitative estimate of drug-likeness (QED) is 0.648. The monoisotopic (exact) mass is 268 g/mol. The van der Waals surface area contributed by atoms with Crippen molar-refractivity contribution in [2.75, 3.05) is 11.5 Å². The lowest BCUT2D eigenvalue weighted by molar-refractivity contribution is 0.103. The molecule has 2 aromatic carbocycles. The van der Waals surface area contributed by atoms with Gasteiger partial charge in [-0.2, -0.15) is 0 Å². The van der Waals surface area contributed by atoms with Crippen molar-refractivity contribution in [1.82, 2.24) is 0 Å². The highest BCUT2D eigenvalue weighted by atomic mass is 16.1. The van der Waals surface area contributed by atoms with E-state index in [2.05, 4.69) is 0 Å². The Morgan fingerprint density at radius 2 is 1.45 bits per heavy atom. The molecule has 0 heterocycles. The minimum Gasteiger partial charge on any atom is -0.397 e. The lowest BCUT2D eigenvalue weighted by atomic mass is 9.89. The van der Waals surface area contributed by atoms with Crippen molar-refractivity contribution in [2.24, 2.45) is 0 Å². The molecule has 0 bridgehead atoms. The molecule has 2 rings (SSSR count). The fraction of sp³-hybridized carbons (Fsp3) is 0.235. The van der Waals surface area contributed by atoms with Gasteiger partial charge in [-0.05, 0) is 49.9 Å². The molecule has 4 N–H and O–H groups in total. The van der Waals surface area contributed by atoms with E-state index in [-0.39, 0.29) is 5.78 Å². The minimum absolute atomic E-state index is 0.0621. The Morgan fingerprint density at radius 1 is 0.850 bits per heavy atom. The number of aryl methyl sites for hydroxylation is 1. The minimum atomic E-state index is -0.0621. The van der Waals surface area contributed by atoms with Gasteiger partial charge in [-0.25, -0.2) is 0 Å². The number of anilines is 2. The first-order valence-electron chi connectivity index (χ1n) is 6.61. The third-order valence-electron chi connectivity index (χ3n) is 4.08. The Balaban J connectivity index is 2.71. The summed E-state index contributed by atoms with van der Waals surface area (Å²) in [5.74, 6) is -0.0621. The Bertz CT molecular complexity index is 673. The molecule has 2 aromatic rings. The Labute approximate surface area is 119 Å². The molecule has 20 heavy (non-hydrogen) atoms. The number of nitrogens with two attached hydrogens (primary N) is 2. The average Bonchev–Trinajstić information content (AvgIpc) is 2.43. The maximum atomic E-state index is 12.8. The second-order valence-corrected chi connectivity index (χ2v) is 5.22. The highest BCUT2D eigenvalue weighted by Gasteiger charge is 2.21. The number of benzene rings is 2. The molecule has 0 saturated carbocycles. The molecule has 0 aromatic heterocycles. The number of hydrogen-bond acceptors (Lipinski definition) is 3. The number of carbonyl (C=O) groups is 1. The highest BCUT2D eigenvalue weighted by molar-refractivity contribution is 6.15. The third-order valence-corrected chi connectivity index (χ3v) is 4.08. The van der Waals surface area contributed by atoms with Gasteiger partial charge in [0.2, 0.25) is 0 Å². The first-order valence-corrected chi connectivity index (χ1v) is 6.61. The van der Waals surface area contributed by atoms with Gasteiger partial charge >= 0.3 is 0 Å². The van der Waals surface area contributed by atoms with E-state index in [1.807, 2.05) is 52.0 Å². The van der Waals surface area contributed by atoms with Crippen LogP contribution >= 0.6 is 0 Å². The van der Waals surface area contributed by atoms with Crippen LogP contribution in [0.15, 0.2) is 24.3 Å². The second kappa shape index (κ2) is 5.00. The van der Waals surface area contributed by atoms with E-state index in [1.54, 1.807) is 0 Å². The fourth-order valence-corrected chi connectivity index (χ4v) is 2.46. The average molecular weight is 268 g/mol. The van der Waals surface area contributed by atoms with Crippen molar-refractivity contribution in [2.45, 2.75) is 27.7 Å². The van der Waals surface area contributed by atoms with E-state index in [0.29, 0.717) is 22.5 Å². The van der Waals surface area contributed by atoms with Crippen LogP contribution in [0, 0.1) is 27.7 Å². The van der Waals surface area contributed by atoms with Gasteiger partial charge in [0, 0.05) is 5.56 Å². The molecule has 0 saturated heterocycles. The van der Waals surface area contributed by atoms with Crippen LogP contribution in [0.2, 0.25) is 0 Å². The van der Waals surface area contributed by atoms with Crippen LogP contribution in [-0.2, 0) is 0 Å². The van der Waals surface area contributed by atoms with E-state index in [1.165, 1.54) is 0 Å². The molecule has 0 aliphatic heterocycles. The molecule has 0 radical (unpaired) electrons. The Kier molecular flexibility index (Phi) is 3.53. The van der Waals surface area contributed by atoms with Crippen LogP contribution in [-0.4, -0.2) is 5.78 Å². The first-order chi connectivity index (χ1) is 9.36. The molecular formula is C17H20N2O. The van der Waals surface area contributed by atoms with Gasteiger partial charge < -0.3 is 11.5 Å². The van der Waals surface area contributed by atoms with Crippen LogP contribution < -0.4 is 11.5 Å². The zero-order valence-corrected chi connectivity index (χ0v) is 12.4. The normalized spacial score (nSPS) is 10.6. The van der Waals surface area contributed by atoms with Gasteiger partial charge in [-0.15, -0.1) is 0 Å². The molecular weight excluding hydrogens is 248 g/mol. The summed E-state index contributed by atoms with van der Waals surface area (Å²) in [6.45, 7) is 7.73. The van der Waals surface area contributed by atoms with Gasteiger partial charge in [0.15, 0.2) is 5.78 Å². The van der Waals surface area contributed by atoms with Crippen LogP contribution in [0.4, 0.5) is 11.4 Å². The van der Waals surface area contributed by atoms with Crippen LogP contribution in [0.1, 0.15) is 38.2 Å². The summed E-state index contributed by atoms with van der Waals surface area (Å²) in [6.07, 6.45) is 0. The predicted molar refractivity (Wildman–Crippen MR) is 84.1 cm³/mol. The smallest absolute Gasteiger partial charge is 0.195 e. The predicted octanol–water partition coefficient (Wildman–Crippen LogP) is 3.32. The molecule has 104 valence electrons. The standard InChI is InChI=1S/C17H20N2O/c1-9-7-5-6-8-13(9)17(20)14-11(3)10(2)12(4)15(18)16(14)19/h5-8H,18-19H2,1-4H3. The van der Waals surface area contributed by atoms with Gasteiger partial charge in [0.05, 0.1) is 16.9 Å². The molecule has 0 unspecified atom stereocenters. The van der Waals surface area contributed by atoms with Gasteiger partial charge in [-0.3, -0.25) is 4.79 Å². The lowest BCUT2D eigenvalue weighted by Gasteiger charge is -2.17. The number of rotatable bonds is 2. The highest BCUT2D eigenvalue weighted by Crippen LogP contribution is 2.33. The summed E-state index contributed by atoms with van der Waals surface area (Å²) in [5, 5.41) is 0.